The summed E-state index contributed by atoms with van der Waals surface area (Å²) in [7, 11) is 0. The average Bonchev–Trinajstić information content (AvgIpc) is 3.09. The molecule has 1 rings (SSSR count). The predicted molar refractivity (Wildman–Crippen MR) is 144 cm³/mol. The highest BCUT2D eigenvalue weighted by Crippen LogP contribution is 2.28. The molecular weight excluding hydrogens is 706 g/mol. The Balaban J connectivity index is 3.15. The van der Waals surface area contributed by atoms with Crippen LogP contribution in [0.15, 0.2) is 12.1 Å². The quantitative estimate of drug-likeness (QED) is 0.164. The molecule has 15 heteroatoms. The molecule has 0 aliphatic carbocycles. The van der Waals surface area contributed by atoms with Gasteiger partial charge in [0.2, 0.25) is 11.8 Å². The van der Waals surface area contributed by atoms with Crippen LogP contribution in [0.4, 0.5) is 0 Å². The monoisotopic (exact) mass is 735 g/mol. The van der Waals surface area contributed by atoms with Gasteiger partial charge in [-0.05, 0) is 41.5 Å². The summed E-state index contributed by atoms with van der Waals surface area (Å²) in [6, 6.07) is 2.21. The summed E-state index contributed by atoms with van der Waals surface area (Å²) in [6.07, 6.45) is 0. The van der Waals surface area contributed by atoms with Gasteiger partial charge >= 0.3 is 23.9 Å². The van der Waals surface area contributed by atoms with Crippen molar-refractivity contribution in [2.75, 3.05) is 33.0 Å². The highest BCUT2D eigenvalue weighted by atomic mass is 79.9. The van der Waals surface area contributed by atoms with Gasteiger partial charge in [0.1, 0.15) is 39.4 Å². The highest BCUT2D eigenvalue weighted by molar-refractivity contribution is 9.10. The molecule has 2 N–H and O–H groups in total. The fraction of sp³-hybridized carbons (Fsp3) is 0.652. The van der Waals surface area contributed by atoms with Crippen molar-refractivity contribution in [1.29, 1.82) is 0 Å². The van der Waals surface area contributed by atoms with Gasteiger partial charge in [0, 0.05) is 12.1 Å². The number of nitrogens with zero attached hydrogens (tertiary/aromatic N) is 1. The van der Waals surface area contributed by atoms with Crippen LogP contribution in [0.1, 0.15) is 41.5 Å². The number of hydrogen-bond acceptors (Lipinski definition) is 11. The summed E-state index contributed by atoms with van der Waals surface area (Å²) < 4.78 is 19.1. The molecule has 0 saturated heterocycles. The van der Waals surface area contributed by atoms with Crippen LogP contribution in [0.5, 0.6) is 11.8 Å². The standard InChI is InChI=1S/C23H32Br3NO11/c1-20(2,24)17(31)35-11-23(12-36-18(32)21(3,4)25,13-37-19(33)22(5,6)26)10-34-9-16(30)38-27-14(28)7-8-15(27)29/h7-8,28-29H,9-13H2,1-6H3. The first-order valence-electron chi connectivity index (χ1n) is 11.1. The van der Waals surface area contributed by atoms with Crippen LogP contribution in [0.3, 0.4) is 0 Å². The molecule has 38 heavy (non-hydrogen) atoms. The summed E-state index contributed by atoms with van der Waals surface area (Å²) in [5.74, 6) is -4.01. The van der Waals surface area contributed by atoms with E-state index in [0.29, 0.717) is 4.73 Å². The number of halogens is 3. The minimum absolute atomic E-state index is 0.395. The van der Waals surface area contributed by atoms with Crippen LogP contribution >= 0.6 is 47.8 Å². The van der Waals surface area contributed by atoms with Crippen LogP contribution in [-0.2, 0) is 38.1 Å². The molecule has 0 radical (unpaired) electrons. The molecule has 0 spiro atoms. The van der Waals surface area contributed by atoms with Gasteiger partial charge in [0.25, 0.3) is 0 Å². The molecule has 0 aliphatic heterocycles. The largest absolute Gasteiger partial charge is 0.492 e. The van der Waals surface area contributed by atoms with E-state index in [1.807, 2.05) is 0 Å². The maximum absolute atomic E-state index is 12.5. The Bertz CT molecular complexity index is 910. The molecule has 0 amide bonds. The number of carbonyl (C=O) groups excluding carboxylic acids is 4. The Hall–Kier alpha value is -1.84. The van der Waals surface area contributed by atoms with Crippen LogP contribution in [0, 0.1) is 5.41 Å². The van der Waals surface area contributed by atoms with Crippen molar-refractivity contribution in [3.05, 3.63) is 12.1 Å². The molecule has 0 aromatic carbocycles. The summed E-state index contributed by atoms with van der Waals surface area (Å²) in [4.78, 5) is 54.5. The zero-order valence-corrected chi connectivity index (χ0v) is 26.6. The van der Waals surface area contributed by atoms with E-state index in [1.165, 1.54) is 0 Å². The van der Waals surface area contributed by atoms with Crippen molar-refractivity contribution in [3.63, 3.8) is 0 Å². The number of aromatic hydroxyl groups is 2. The molecule has 12 nitrogen and oxygen atoms in total. The van der Waals surface area contributed by atoms with Crippen molar-refractivity contribution in [2.45, 2.75) is 54.5 Å². The van der Waals surface area contributed by atoms with Gasteiger partial charge in [-0.1, -0.05) is 47.8 Å². The number of hydrogen-bond donors (Lipinski definition) is 2. The molecule has 0 saturated carbocycles. The third kappa shape index (κ3) is 11.1. The van der Waals surface area contributed by atoms with Crippen molar-refractivity contribution >= 4 is 71.7 Å². The lowest BCUT2D eigenvalue weighted by molar-refractivity contribution is -0.172. The van der Waals surface area contributed by atoms with Crippen molar-refractivity contribution in [1.82, 2.24) is 4.73 Å². The third-order valence-electron chi connectivity index (χ3n) is 4.60. The lowest BCUT2D eigenvalue weighted by atomic mass is 9.92. The Morgan fingerprint density at radius 3 is 1.37 bits per heavy atom. The molecular formula is C23H32Br3NO11. The Morgan fingerprint density at radius 2 is 1.05 bits per heavy atom. The van der Waals surface area contributed by atoms with Crippen LogP contribution in [0.2, 0.25) is 0 Å². The molecule has 0 atom stereocenters. The van der Waals surface area contributed by atoms with E-state index < -0.39 is 87.1 Å². The van der Waals surface area contributed by atoms with E-state index in [0.717, 1.165) is 12.1 Å². The fourth-order valence-corrected chi connectivity index (χ4v) is 2.74. The summed E-state index contributed by atoms with van der Waals surface area (Å²) >= 11 is 9.62. The average molecular weight is 738 g/mol. The second-order valence-corrected chi connectivity index (χ2v) is 15.9. The number of esters is 3. The second kappa shape index (κ2) is 13.5. The van der Waals surface area contributed by atoms with Crippen molar-refractivity contribution in [3.8, 4) is 11.8 Å². The molecule has 1 aromatic rings. The first-order chi connectivity index (χ1) is 17.2. The zero-order chi connectivity index (χ0) is 29.5. The topological polar surface area (TPSA) is 160 Å². The number of ether oxygens (including phenoxy) is 4. The molecule has 0 bridgehead atoms. The lowest BCUT2D eigenvalue weighted by Gasteiger charge is -2.33. The third-order valence-corrected chi connectivity index (χ3v) is 5.57. The molecule has 1 aromatic heterocycles. The number of carbonyl (C=O) groups is 4. The fourth-order valence-electron chi connectivity index (χ4n) is 2.40. The summed E-state index contributed by atoms with van der Waals surface area (Å²) in [5, 5.41) is 19.3. The van der Waals surface area contributed by atoms with E-state index in [9.17, 15) is 29.4 Å². The SMILES string of the molecule is CC(C)(Br)C(=O)OCC(COCC(=O)On1c(O)ccc1O)(COC(=O)C(C)(C)Br)COC(=O)C(C)(C)Br. The van der Waals surface area contributed by atoms with E-state index in [4.69, 9.17) is 23.8 Å². The number of rotatable bonds is 14. The Morgan fingerprint density at radius 1 is 0.711 bits per heavy atom. The van der Waals surface area contributed by atoms with Gasteiger partial charge in [-0.3, -0.25) is 14.4 Å². The van der Waals surface area contributed by atoms with E-state index in [1.54, 1.807) is 41.5 Å². The minimum Gasteiger partial charge on any atom is -0.492 e. The smallest absolute Gasteiger partial charge is 0.358 e. The maximum atomic E-state index is 12.5. The molecule has 0 aliphatic rings. The zero-order valence-electron chi connectivity index (χ0n) is 21.8. The van der Waals surface area contributed by atoms with Crippen LogP contribution in [-0.4, -0.2) is 84.8 Å². The summed E-state index contributed by atoms with van der Waals surface area (Å²) in [6.45, 7) is 7.07. The molecule has 0 unspecified atom stereocenters. The highest BCUT2D eigenvalue weighted by Gasteiger charge is 2.41. The molecule has 1 heterocycles. The summed E-state index contributed by atoms with van der Waals surface area (Å²) in [5.41, 5.74) is -1.44. The first kappa shape index (κ1) is 34.2. The normalized spacial score (nSPS) is 12.6. The predicted octanol–water partition coefficient (Wildman–Crippen LogP) is 3.01. The van der Waals surface area contributed by atoms with Gasteiger partial charge in [-0.15, -0.1) is 4.73 Å². The number of alkyl halides is 3. The molecule has 216 valence electrons. The number of aromatic nitrogens is 1. The van der Waals surface area contributed by atoms with E-state index in [2.05, 4.69) is 47.8 Å². The Kier molecular flexibility index (Phi) is 12.1. The van der Waals surface area contributed by atoms with Gasteiger partial charge in [0.15, 0.2) is 0 Å². The molecule has 0 fully saturated rings. The minimum atomic E-state index is -1.44. The lowest BCUT2D eigenvalue weighted by Crippen LogP contribution is -2.46. The van der Waals surface area contributed by atoms with Gasteiger partial charge in [-0.25, -0.2) is 4.79 Å². The van der Waals surface area contributed by atoms with Crippen LogP contribution in [0.25, 0.3) is 0 Å². The van der Waals surface area contributed by atoms with E-state index >= 15 is 0 Å². The van der Waals surface area contributed by atoms with Gasteiger partial charge < -0.3 is 34.0 Å². The van der Waals surface area contributed by atoms with Crippen molar-refractivity contribution in [2.24, 2.45) is 5.41 Å². The van der Waals surface area contributed by atoms with Crippen molar-refractivity contribution < 1.29 is 53.2 Å². The van der Waals surface area contributed by atoms with E-state index in [-0.39, 0.29) is 0 Å². The van der Waals surface area contributed by atoms with Crippen LogP contribution < -0.4 is 4.84 Å². The Labute approximate surface area is 245 Å². The van der Waals surface area contributed by atoms with Gasteiger partial charge in [0.05, 0.1) is 12.0 Å². The van der Waals surface area contributed by atoms with Gasteiger partial charge in [-0.2, -0.15) is 0 Å². The maximum Gasteiger partial charge on any atom is 0.358 e. The first-order valence-corrected chi connectivity index (χ1v) is 13.5. The second-order valence-electron chi connectivity index (χ2n) is 9.95.